The highest BCUT2D eigenvalue weighted by molar-refractivity contribution is 8.93. The molecule has 0 aliphatic heterocycles. The third kappa shape index (κ3) is 2.48. The summed E-state index contributed by atoms with van der Waals surface area (Å²) in [7, 11) is 0. The van der Waals surface area contributed by atoms with E-state index < -0.39 is 76.0 Å². The summed E-state index contributed by atoms with van der Waals surface area (Å²) in [6, 6.07) is 4.05. The minimum atomic E-state index is -2.58. The van der Waals surface area contributed by atoms with Crippen molar-refractivity contribution < 1.29 is 39.9 Å². The van der Waals surface area contributed by atoms with E-state index in [4.69, 9.17) is 5.73 Å². The predicted molar refractivity (Wildman–Crippen MR) is 107 cm³/mol. The first-order valence-corrected chi connectivity index (χ1v) is 9.19. The van der Waals surface area contributed by atoms with Gasteiger partial charge in [0.25, 0.3) is 0 Å². The number of carbonyl (C=O) groups excluding carboxylic acids is 3. The number of halogens is 1. The summed E-state index contributed by atoms with van der Waals surface area (Å²) in [5, 5.41) is 53.3. The van der Waals surface area contributed by atoms with Crippen molar-refractivity contribution in [2.24, 2.45) is 17.6 Å². The normalized spacial score (nSPS) is 37.6. The quantitative estimate of drug-likeness (QED) is 0.317. The first kappa shape index (κ1) is 22.4. The van der Waals surface area contributed by atoms with Crippen molar-refractivity contribution in [1.82, 2.24) is 0 Å². The van der Waals surface area contributed by atoms with Gasteiger partial charge in [-0.05, 0) is 25.0 Å². The maximum Gasteiger partial charge on any atom is 0.228 e. The largest absolute Gasteiger partial charge is 0.508 e. The van der Waals surface area contributed by atoms with Crippen molar-refractivity contribution in [3.8, 4) is 5.75 Å². The van der Waals surface area contributed by atoms with E-state index in [0.717, 1.165) is 0 Å². The molecule has 0 aromatic heterocycles. The predicted octanol–water partition coefficient (Wildman–Crippen LogP) is -0.217. The summed E-state index contributed by atoms with van der Waals surface area (Å²) in [6.07, 6.45) is -3.51. The van der Waals surface area contributed by atoms with Gasteiger partial charge >= 0.3 is 0 Å². The number of aliphatic hydroxyl groups excluding tert-OH is 3. The van der Waals surface area contributed by atoms with Crippen LogP contribution in [0.1, 0.15) is 35.7 Å². The number of phenols is 1. The summed E-state index contributed by atoms with van der Waals surface area (Å²) in [4.78, 5) is 38.3. The Morgan fingerprint density at radius 1 is 1.20 bits per heavy atom. The molecule has 6 unspecified atom stereocenters. The van der Waals surface area contributed by atoms with Crippen LogP contribution in [-0.4, -0.2) is 60.8 Å². The molecule has 162 valence electrons. The summed E-state index contributed by atoms with van der Waals surface area (Å²) in [5.74, 6) is -6.96. The third-order valence-corrected chi connectivity index (χ3v) is 6.80. The highest BCUT2D eigenvalue weighted by Crippen LogP contribution is 2.56. The zero-order valence-corrected chi connectivity index (χ0v) is 17.6. The van der Waals surface area contributed by atoms with Gasteiger partial charge in [0.05, 0.1) is 23.2 Å². The van der Waals surface area contributed by atoms with Gasteiger partial charge in [0.2, 0.25) is 5.91 Å². The molecule has 9 nitrogen and oxygen atoms in total. The molecule has 0 heterocycles. The molecule has 1 aromatic rings. The third-order valence-electron chi connectivity index (χ3n) is 6.80. The lowest BCUT2D eigenvalue weighted by molar-refractivity contribution is -0.171. The number of hydrogen-bond donors (Lipinski definition) is 6. The first-order valence-electron chi connectivity index (χ1n) is 9.19. The summed E-state index contributed by atoms with van der Waals surface area (Å²) < 4.78 is 0. The standard InChI is InChI=1S/C20H21NO8.BrH/c1-19(18(21)28)8-3-2-4-10(23)12(8)16(26)13-14(19)15(25)9-5-7(22)6-11(24)20(9,29)17(13)27;/h2-4,7,9,14-15,22-23,25,27,29H,5-6H2,1H3,(H2,21,28);1H. The van der Waals surface area contributed by atoms with Crippen LogP contribution in [0, 0.1) is 11.8 Å². The van der Waals surface area contributed by atoms with Gasteiger partial charge in [0.1, 0.15) is 11.5 Å². The zero-order chi connectivity index (χ0) is 21.5. The van der Waals surface area contributed by atoms with Crippen LogP contribution in [0.25, 0.3) is 0 Å². The second kappa shape index (κ2) is 6.88. The minimum Gasteiger partial charge on any atom is -0.508 e. The van der Waals surface area contributed by atoms with E-state index in [1.807, 2.05) is 0 Å². The molecule has 7 N–H and O–H groups in total. The van der Waals surface area contributed by atoms with Crippen LogP contribution < -0.4 is 5.73 Å². The molecule has 1 saturated carbocycles. The second-order valence-corrected chi connectivity index (χ2v) is 8.22. The van der Waals surface area contributed by atoms with Gasteiger partial charge in [-0.15, -0.1) is 17.0 Å². The van der Waals surface area contributed by atoms with Crippen LogP contribution in [-0.2, 0) is 15.0 Å². The molecule has 3 aliphatic carbocycles. The van der Waals surface area contributed by atoms with Gasteiger partial charge in [-0.2, -0.15) is 0 Å². The number of amides is 1. The molecule has 10 heteroatoms. The molecule has 0 radical (unpaired) electrons. The average Bonchev–Trinajstić information content (AvgIpc) is 2.64. The molecule has 1 aromatic carbocycles. The number of ketones is 2. The van der Waals surface area contributed by atoms with Gasteiger partial charge in [-0.1, -0.05) is 12.1 Å². The number of benzene rings is 1. The Morgan fingerprint density at radius 2 is 1.83 bits per heavy atom. The van der Waals surface area contributed by atoms with E-state index >= 15 is 0 Å². The average molecular weight is 484 g/mol. The molecule has 1 fully saturated rings. The van der Waals surface area contributed by atoms with E-state index in [2.05, 4.69) is 0 Å². The van der Waals surface area contributed by atoms with Crippen molar-refractivity contribution in [1.29, 1.82) is 0 Å². The maximum atomic E-state index is 13.2. The maximum absolute atomic E-state index is 13.2. The lowest BCUT2D eigenvalue weighted by Crippen LogP contribution is -2.66. The number of rotatable bonds is 1. The van der Waals surface area contributed by atoms with Crippen molar-refractivity contribution in [2.75, 3.05) is 0 Å². The number of hydrogen-bond acceptors (Lipinski definition) is 8. The molecular formula is C20H22BrNO8. The fourth-order valence-corrected chi connectivity index (χ4v) is 5.25. The number of nitrogens with two attached hydrogens (primary N) is 1. The number of Topliss-reactive ketones (excluding diaryl/α,β-unsaturated/α-hetero) is 2. The molecular weight excluding hydrogens is 462 g/mol. The molecule has 3 aliphatic rings. The van der Waals surface area contributed by atoms with Gasteiger partial charge < -0.3 is 31.3 Å². The Bertz CT molecular complexity index is 1010. The Hall–Kier alpha value is -2.27. The Kier molecular flexibility index (Phi) is 5.14. The van der Waals surface area contributed by atoms with Crippen LogP contribution in [0.2, 0.25) is 0 Å². The van der Waals surface area contributed by atoms with Crippen molar-refractivity contribution >= 4 is 34.5 Å². The van der Waals surface area contributed by atoms with Crippen molar-refractivity contribution in [3.05, 3.63) is 40.7 Å². The summed E-state index contributed by atoms with van der Waals surface area (Å²) in [5.41, 5.74) is 0.589. The van der Waals surface area contributed by atoms with Crippen molar-refractivity contribution in [2.45, 2.75) is 43.0 Å². The lowest BCUT2D eigenvalue weighted by Gasteiger charge is -2.53. The Balaban J connectivity index is 0.00000256. The number of primary amides is 1. The molecule has 0 bridgehead atoms. The number of phenolic OH excluding ortho intramolecular Hbond substituents is 1. The fourth-order valence-electron chi connectivity index (χ4n) is 5.25. The van der Waals surface area contributed by atoms with Crippen LogP contribution in [0.3, 0.4) is 0 Å². The molecule has 0 saturated heterocycles. The fraction of sp³-hybridized carbons (Fsp3) is 0.450. The molecule has 0 spiro atoms. The summed E-state index contributed by atoms with van der Waals surface area (Å²) >= 11 is 0. The summed E-state index contributed by atoms with van der Waals surface area (Å²) in [6.45, 7) is 1.37. The number of fused-ring (bicyclic) bond motifs is 3. The van der Waals surface area contributed by atoms with Crippen LogP contribution >= 0.6 is 17.0 Å². The van der Waals surface area contributed by atoms with Crippen LogP contribution in [0.5, 0.6) is 5.75 Å². The van der Waals surface area contributed by atoms with Crippen LogP contribution in [0.15, 0.2) is 29.5 Å². The number of carbonyl (C=O) groups is 3. The second-order valence-electron chi connectivity index (χ2n) is 8.22. The number of aromatic hydroxyl groups is 1. The topological polar surface area (TPSA) is 178 Å². The van der Waals surface area contributed by atoms with Crippen LogP contribution in [0.4, 0.5) is 0 Å². The molecule has 6 atom stereocenters. The van der Waals surface area contributed by atoms with Crippen molar-refractivity contribution in [3.63, 3.8) is 0 Å². The number of aliphatic hydroxyl groups is 4. The van der Waals surface area contributed by atoms with E-state index in [1.54, 1.807) is 0 Å². The van der Waals surface area contributed by atoms with E-state index in [9.17, 15) is 39.9 Å². The van der Waals surface area contributed by atoms with Gasteiger partial charge in [0, 0.05) is 23.8 Å². The minimum absolute atomic E-state index is 0. The lowest BCUT2D eigenvalue weighted by atomic mass is 9.51. The van der Waals surface area contributed by atoms with Gasteiger partial charge in [-0.3, -0.25) is 14.4 Å². The van der Waals surface area contributed by atoms with E-state index in [0.29, 0.717) is 0 Å². The SMILES string of the molecule is Br.CC1(C(N)=O)c2cccc(O)c2C(=O)C2=C(O)C3(O)C(=O)CC(O)CC3C(O)C21. The molecule has 4 rings (SSSR count). The monoisotopic (exact) mass is 483 g/mol. The molecule has 1 amide bonds. The zero-order valence-electron chi connectivity index (χ0n) is 15.9. The van der Waals surface area contributed by atoms with Gasteiger partial charge in [-0.25, -0.2) is 0 Å². The Labute approximate surface area is 181 Å². The highest BCUT2D eigenvalue weighted by Gasteiger charge is 2.66. The van der Waals surface area contributed by atoms with E-state index in [-0.39, 0.29) is 34.5 Å². The first-order chi connectivity index (χ1) is 13.5. The molecule has 30 heavy (non-hydrogen) atoms. The highest BCUT2D eigenvalue weighted by atomic mass is 79.9. The Morgan fingerprint density at radius 3 is 2.43 bits per heavy atom. The van der Waals surface area contributed by atoms with E-state index in [1.165, 1.54) is 25.1 Å². The smallest absolute Gasteiger partial charge is 0.228 e. The van der Waals surface area contributed by atoms with Gasteiger partial charge in [0.15, 0.2) is 17.2 Å².